The number of methoxy groups -OCH3 is 1. The number of hydrogen-bond donors (Lipinski definition) is 1. The highest BCUT2D eigenvalue weighted by Gasteiger charge is 2.35. The van der Waals surface area contributed by atoms with Crippen LogP contribution in [0.2, 0.25) is 0 Å². The van der Waals surface area contributed by atoms with Crippen molar-refractivity contribution >= 4 is 21.6 Å². The number of sulfonamides is 1. The molecule has 0 spiro atoms. The van der Waals surface area contributed by atoms with Crippen LogP contribution in [-0.2, 0) is 10.0 Å². The van der Waals surface area contributed by atoms with Crippen LogP contribution in [0.1, 0.15) is 24.2 Å². The topological polar surface area (TPSA) is 99.6 Å². The van der Waals surface area contributed by atoms with Crippen LogP contribution in [-0.4, -0.2) is 88.7 Å². The Morgan fingerprint density at radius 3 is 2.40 bits per heavy atom. The van der Waals surface area contributed by atoms with Gasteiger partial charge in [0.2, 0.25) is 10.0 Å². The van der Waals surface area contributed by atoms with Crippen molar-refractivity contribution < 1.29 is 27.8 Å². The standard InChI is InChI=1S/C25H35N3O6S/c1-17-14-28(18(2)16-29)25(30)22-13-19(26(3)4)7-12-23(22)34-24(17)15-27(5)35(31,32)21-10-8-20(33-6)9-11-21/h7-13,17-18,24,29H,14-16H2,1-6H3/t17-,18-,24+/m1/s1. The van der Waals surface area contributed by atoms with E-state index in [1.807, 2.05) is 32.0 Å². The molecule has 0 saturated heterocycles. The van der Waals surface area contributed by atoms with Crippen LogP contribution in [0.25, 0.3) is 0 Å². The van der Waals surface area contributed by atoms with Gasteiger partial charge in [-0.2, -0.15) is 4.31 Å². The van der Waals surface area contributed by atoms with Gasteiger partial charge in [0.1, 0.15) is 17.6 Å². The molecule has 0 bridgehead atoms. The van der Waals surface area contributed by atoms with Gasteiger partial charge in [-0.3, -0.25) is 4.79 Å². The molecule has 2 aromatic rings. The lowest BCUT2D eigenvalue weighted by Gasteiger charge is -2.38. The molecule has 9 nitrogen and oxygen atoms in total. The van der Waals surface area contributed by atoms with E-state index in [-0.39, 0.29) is 29.9 Å². The van der Waals surface area contributed by atoms with Gasteiger partial charge in [0.05, 0.1) is 36.8 Å². The predicted octanol–water partition coefficient (Wildman–Crippen LogP) is 2.30. The summed E-state index contributed by atoms with van der Waals surface area (Å²) in [5.74, 6) is 0.528. The molecule has 0 unspecified atom stereocenters. The molecule has 0 aromatic heterocycles. The Balaban J connectivity index is 1.95. The second-order valence-electron chi connectivity index (χ2n) is 9.16. The highest BCUT2D eigenvalue weighted by atomic mass is 32.2. The molecule has 1 amide bonds. The molecule has 3 rings (SSSR count). The number of carbonyl (C=O) groups is 1. The Morgan fingerprint density at radius 2 is 1.83 bits per heavy atom. The number of likely N-dealkylation sites (N-methyl/N-ethyl adjacent to an activating group) is 1. The number of nitrogens with zero attached hydrogens (tertiary/aromatic N) is 3. The number of ether oxygens (including phenoxy) is 2. The zero-order valence-electron chi connectivity index (χ0n) is 21.1. The molecular formula is C25H35N3O6S. The summed E-state index contributed by atoms with van der Waals surface area (Å²) in [7, 11) is 3.03. The first kappa shape index (κ1) is 26.8. The molecule has 1 aliphatic heterocycles. The Labute approximate surface area is 207 Å². The summed E-state index contributed by atoms with van der Waals surface area (Å²) in [5.41, 5.74) is 1.22. The molecule has 1 heterocycles. The van der Waals surface area contributed by atoms with Gasteiger partial charge in [0.25, 0.3) is 5.91 Å². The summed E-state index contributed by atoms with van der Waals surface area (Å²) in [5, 5.41) is 9.80. The third-order valence-electron chi connectivity index (χ3n) is 6.37. The number of amides is 1. The maximum Gasteiger partial charge on any atom is 0.258 e. The molecule has 3 atom stereocenters. The van der Waals surface area contributed by atoms with Crippen LogP contribution in [0.5, 0.6) is 11.5 Å². The molecular weight excluding hydrogens is 470 g/mol. The summed E-state index contributed by atoms with van der Waals surface area (Å²) in [6.45, 7) is 3.92. The monoisotopic (exact) mass is 505 g/mol. The number of anilines is 1. The molecule has 0 aliphatic carbocycles. The molecule has 192 valence electrons. The largest absolute Gasteiger partial charge is 0.497 e. The minimum Gasteiger partial charge on any atom is -0.497 e. The van der Waals surface area contributed by atoms with Gasteiger partial charge in [-0.15, -0.1) is 0 Å². The third kappa shape index (κ3) is 5.71. The van der Waals surface area contributed by atoms with Crippen LogP contribution in [0.4, 0.5) is 5.69 Å². The van der Waals surface area contributed by atoms with Gasteiger partial charge in [0, 0.05) is 39.3 Å². The minimum atomic E-state index is -3.78. The van der Waals surface area contributed by atoms with Crippen LogP contribution in [0.15, 0.2) is 47.4 Å². The van der Waals surface area contributed by atoms with Crippen molar-refractivity contribution in [2.75, 3.05) is 52.8 Å². The van der Waals surface area contributed by atoms with Crippen molar-refractivity contribution in [3.05, 3.63) is 48.0 Å². The van der Waals surface area contributed by atoms with E-state index in [1.165, 1.54) is 30.6 Å². The van der Waals surface area contributed by atoms with Crippen molar-refractivity contribution in [1.82, 2.24) is 9.21 Å². The highest BCUT2D eigenvalue weighted by molar-refractivity contribution is 7.89. The second kappa shape index (κ2) is 10.8. The second-order valence-corrected chi connectivity index (χ2v) is 11.2. The van der Waals surface area contributed by atoms with Gasteiger partial charge < -0.3 is 24.4 Å². The van der Waals surface area contributed by atoms with E-state index in [0.717, 1.165) is 5.69 Å². The highest BCUT2D eigenvalue weighted by Crippen LogP contribution is 2.31. The number of carbonyl (C=O) groups excluding carboxylic acids is 1. The number of fused-ring (bicyclic) bond motifs is 1. The molecule has 10 heteroatoms. The average molecular weight is 506 g/mol. The fourth-order valence-electron chi connectivity index (χ4n) is 3.99. The summed E-state index contributed by atoms with van der Waals surface area (Å²) < 4.78 is 39.2. The van der Waals surface area contributed by atoms with Crippen LogP contribution < -0.4 is 14.4 Å². The number of aliphatic hydroxyl groups is 1. The Bertz CT molecular complexity index is 1140. The lowest BCUT2D eigenvalue weighted by Crippen LogP contribution is -2.50. The first-order valence-corrected chi connectivity index (χ1v) is 12.9. The van der Waals surface area contributed by atoms with Crippen LogP contribution in [0.3, 0.4) is 0 Å². The molecule has 0 radical (unpaired) electrons. The number of aliphatic hydroxyl groups excluding tert-OH is 1. The van der Waals surface area contributed by atoms with Crippen molar-refractivity contribution in [3.8, 4) is 11.5 Å². The van der Waals surface area contributed by atoms with Crippen molar-refractivity contribution in [2.45, 2.75) is 30.9 Å². The smallest absolute Gasteiger partial charge is 0.258 e. The molecule has 0 saturated carbocycles. The normalized spacial score (nSPS) is 19.4. The summed E-state index contributed by atoms with van der Waals surface area (Å²) in [4.78, 5) is 17.1. The lowest BCUT2D eigenvalue weighted by atomic mass is 9.99. The van der Waals surface area contributed by atoms with Gasteiger partial charge in [-0.05, 0) is 49.4 Å². The minimum absolute atomic E-state index is 0.0833. The molecule has 2 aromatic carbocycles. The molecule has 35 heavy (non-hydrogen) atoms. The number of benzene rings is 2. The van der Waals surface area contributed by atoms with E-state index in [2.05, 4.69) is 0 Å². The number of rotatable bonds is 8. The van der Waals surface area contributed by atoms with E-state index in [4.69, 9.17) is 9.47 Å². The maximum absolute atomic E-state index is 13.4. The molecule has 1 aliphatic rings. The van der Waals surface area contributed by atoms with E-state index >= 15 is 0 Å². The van der Waals surface area contributed by atoms with Gasteiger partial charge in [0.15, 0.2) is 0 Å². The van der Waals surface area contributed by atoms with Gasteiger partial charge >= 0.3 is 0 Å². The lowest BCUT2D eigenvalue weighted by molar-refractivity contribution is 0.0387. The summed E-state index contributed by atoms with van der Waals surface area (Å²) >= 11 is 0. The first-order valence-electron chi connectivity index (χ1n) is 11.5. The van der Waals surface area contributed by atoms with Crippen molar-refractivity contribution in [2.24, 2.45) is 5.92 Å². The Morgan fingerprint density at radius 1 is 1.17 bits per heavy atom. The third-order valence-corrected chi connectivity index (χ3v) is 8.21. The van der Waals surface area contributed by atoms with E-state index in [0.29, 0.717) is 23.6 Å². The fourth-order valence-corrected chi connectivity index (χ4v) is 5.17. The summed E-state index contributed by atoms with van der Waals surface area (Å²) in [6.07, 6.45) is -0.529. The number of hydrogen-bond acceptors (Lipinski definition) is 7. The summed E-state index contributed by atoms with van der Waals surface area (Å²) in [6, 6.07) is 11.2. The Kier molecular flexibility index (Phi) is 8.30. The SMILES string of the molecule is COc1ccc(S(=O)(=O)N(C)C[C@@H]2Oc3ccc(N(C)C)cc3C(=O)N([C@H](C)CO)C[C@H]2C)cc1. The fraction of sp³-hybridized carbons (Fsp3) is 0.480. The van der Waals surface area contributed by atoms with E-state index < -0.39 is 22.2 Å². The zero-order valence-corrected chi connectivity index (χ0v) is 21.9. The maximum atomic E-state index is 13.4. The Hall–Kier alpha value is -2.82. The predicted molar refractivity (Wildman–Crippen MR) is 135 cm³/mol. The van der Waals surface area contributed by atoms with Crippen molar-refractivity contribution in [3.63, 3.8) is 0 Å². The molecule has 0 fully saturated rings. The van der Waals surface area contributed by atoms with Crippen molar-refractivity contribution in [1.29, 1.82) is 0 Å². The van der Waals surface area contributed by atoms with Gasteiger partial charge in [-0.1, -0.05) is 6.92 Å². The van der Waals surface area contributed by atoms with Crippen LogP contribution in [0, 0.1) is 5.92 Å². The quantitative estimate of drug-likeness (QED) is 0.588. The van der Waals surface area contributed by atoms with Gasteiger partial charge in [-0.25, -0.2) is 8.42 Å². The van der Waals surface area contributed by atoms with Crippen LogP contribution >= 0.6 is 0 Å². The zero-order chi connectivity index (χ0) is 25.9. The first-order chi connectivity index (χ1) is 16.5. The average Bonchev–Trinajstić information content (AvgIpc) is 2.85. The molecule has 1 N–H and O–H groups in total. The van der Waals surface area contributed by atoms with E-state index in [9.17, 15) is 18.3 Å². The van der Waals surface area contributed by atoms with E-state index in [1.54, 1.807) is 36.1 Å².